The van der Waals surface area contributed by atoms with Crippen LogP contribution in [-0.2, 0) is 15.9 Å². The normalized spacial score (nSPS) is 11.6. The summed E-state index contributed by atoms with van der Waals surface area (Å²) in [7, 11) is -3.73. The van der Waals surface area contributed by atoms with Crippen LogP contribution in [0.15, 0.2) is 21.8 Å². The Labute approximate surface area is 89.3 Å². The first-order valence-corrected chi connectivity index (χ1v) is 6.05. The lowest BCUT2D eigenvalue weighted by Gasteiger charge is -2.02. The Morgan fingerprint density at radius 1 is 1.62 bits per heavy atom. The van der Waals surface area contributed by atoms with Crippen LogP contribution >= 0.6 is 27.5 Å². The third-order valence-electron chi connectivity index (χ3n) is 1.32. The Morgan fingerprint density at radius 3 is 2.69 bits per heavy atom. The number of aromatic nitrogens is 1. The van der Waals surface area contributed by atoms with Gasteiger partial charge in [0.1, 0.15) is 9.50 Å². The van der Waals surface area contributed by atoms with Gasteiger partial charge >= 0.3 is 0 Å². The molecule has 0 aliphatic heterocycles. The van der Waals surface area contributed by atoms with Crippen LogP contribution < -0.4 is 5.14 Å². The smallest absolute Gasteiger partial charge is 0.240 e. The fraction of sp³-hybridized carbons (Fsp3) is 0.167. The lowest BCUT2D eigenvalue weighted by molar-refractivity contribution is 0.596. The highest BCUT2D eigenvalue weighted by Gasteiger charge is 2.13. The maximum absolute atomic E-state index is 11.0. The van der Waals surface area contributed by atoms with Crippen molar-refractivity contribution in [2.24, 2.45) is 5.14 Å². The van der Waals surface area contributed by atoms with Gasteiger partial charge in [0, 0.05) is 12.1 Å². The summed E-state index contributed by atoms with van der Waals surface area (Å²) in [6.07, 6.45) is 1.48. The zero-order chi connectivity index (χ0) is 10.1. The monoisotopic (exact) mass is 284 g/mol. The first-order chi connectivity index (χ1) is 5.95. The van der Waals surface area contributed by atoms with E-state index in [4.69, 9.17) is 16.7 Å². The second kappa shape index (κ2) is 3.91. The Hall–Kier alpha value is -0.170. The second-order valence-electron chi connectivity index (χ2n) is 2.31. The maximum Gasteiger partial charge on any atom is 0.240 e. The fourth-order valence-corrected chi connectivity index (χ4v) is 2.38. The summed E-state index contributed by atoms with van der Waals surface area (Å²) in [5.41, 5.74) is 0.605. The van der Waals surface area contributed by atoms with Crippen LogP contribution in [0.5, 0.6) is 0 Å². The summed E-state index contributed by atoms with van der Waals surface area (Å²) in [6, 6.07) is 1.39. The predicted octanol–water partition coefficient (Wildman–Crippen LogP) is 1.23. The quantitative estimate of drug-likeness (QED) is 0.656. The molecule has 7 heteroatoms. The van der Waals surface area contributed by atoms with Crippen molar-refractivity contribution in [1.29, 1.82) is 0 Å². The highest BCUT2D eigenvalue weighted by molar-refractivity contribution is 9.10. The molecule has 0 fully saturated rings. The molecular weight excluding hydrogens is 280 g/mol. The van der Waals surface area contributed by atoms with E-state index in [1.807, 2.05) is 0 Å². The number of hydrogen-bond acceptors (Lipinski definition) is 3. The summed E-state index contributed by atoms with van der Waals surface area (Å²) in [5.74, 6) is 0.197. The van der Waals surface area contributed by atoms with Crippen LogP contribution in [-0.4, -0.2) is 13.4 Å². The SMILES string of the molecule is NS(=O)(=O)c1cc(CCl)cnc1Br. The molecule has 0 unspecified atom stereocenters. The molecule has 1 aromatic rings. The molecule has 0 bridgehead atoms. The predicted molar refractivity (Wildman–Crippen MR) is 52.9 cm³/mol. The van der Waals surface area contributed by atoms with Gasteiger partial charge in [-0.25, -0.2) is 18.5 Å². The van der Waals surface area contributed by atoms with Gasteiger partial charge in [-0.3, -0.25) is 0 Å². The molecule has 0 aromatic carbocycles. The molecule has 1 aromatic heterocycles. The topological polar surface area (TPSA) is 73.1 Å². The molecule has 1 rings (SSSR count). The average molecular weight is 286 g/mol. The number of hydrogen-bond donors (Lipinski definition) is 1. The average Bonchev–Trinajstić information content (AvgIpc) is 2.03. The molecule has 13 heavy (non-hydrogen) atoms. The van der Waals surface area contributed by atoms with E-state index in [-0.39, 0.29) is 15.4 Å². The molecule has 0 spiro atoms. The highest BCUT2D eigenvalue weighted by Crippen LogP contribution is 2.19. The number of pyridine rings is 1. The molecule has 72 valence electrons. The standard InChI is InChI=1S/C6H6BrClN2O2S/c7-6-5(13(9,11)12)1-4(2-8)3-10-6/h1,3H,2H2,(H2,9,11,12). The van der Waals surface area contributed by atoms with E-state index in [0.717, 1.165) is 0 Å². The van der Waals surface area contributed by atoms with Crippen LogP contribution in [0, 0.1) is 0 Å². The number of halogens is 2. The van der Waals surface area contributed by atoms with Crippen LogP contribution in [0.25, 0.3) is 0 Å². The largest absolute Gasteiger partial charge is 0.248 e. The minimum atomic E-state index is -3.73. The number of alkyl halides is 1. The van der Waals surface area contributed by atoms with E-state index in [1.165, 1.54) is 12.3 Å². The number of rotatable bonds is 2. The fourth-order valence-electron chi connectivity index (χ4n) is 0.741. The van der Waals surface area contributed by atoms with Crippen LogP contribution in [0.1, 0.15) is 5.56 Å². The van der Waals surface area contributed by atoms with Crippen molar-refractivity contribution in [1.82, 2.24) is 4.98 Å². The van der Waals surface area contributed by atoms with Gasteiger partial charge in [0.2, 0.25) is 10.0 Å². The minimum Gasteiger partial charge on any atom is -0.248 e. The van der Waals surface area contributed by atoms with Crippen molar-refractivity contribution < 1.29 is 8.42 Å². The van der Waals surface area contributed by atoms with Crippen LogP contribution in [0.2, 0.25) is 0 Å². The van der Waals surface area contributed by atoms with Crippen LogP contribution in [0.4, 0.5) is 0 Å². The van der Waals surface area contributed by atoms with Gasteiger partial charge in [0.05, 0.1) is 0 Å². The van der Waals surface area contributed by atoms with Crippen molar-refractivity contribution in [3.05, 3.63) is 22.4 Å². The zero-order valence-corrected chi connectivity index (χ0v) is 9.53. The molecule has 1 heterocycles. The van der Waals surface area contributed by atoms with Crippen LogP contribution in [0.3, 0.4) is 0 Å². The van der Waals surface area contributed by atoms with E-state index in [0.29, 0.717) is 5.56 Å². The maximum atomic E-state index is 11.0. The molecule has 0 saturated carbocycles. The molecule has 4 nitrogen and oxygen atoms in total. The lowest BCUT2D eigenvalue weighted by Crippen LogP contribution is -2.13. The highest BCUT2D eigenvalue weighted by atomic mass is 79.9. The molecule has 2 N–H and O–H groups in total. The second-order valence-corrected chi connectivity index (χ2v) is 4.86. The van der Waals surface area contributed by atoms with Gasteiger partial charge in [-0.05, 0) is 27.6 Å². The van der Waals surface area contributed by atoms with Crippen molar-refractivity contribution in [2.75, 3.05) is 0 Å². The number of primary sulfonamides is 1. The minimum absolute atomic E-state index is 0.0503. The van der Waals surface area contributed by atoms with Gasteiger partial charge in [-0.2, -0.15) is 0 Å². The van der Waals surface area contributed by atoms with E-state index in [1.54, 1.807) is 0 Å². The molecular formula is C6H6BrClN2O2S. The summed E-state index contributed by atoms with van der Waals surface area (Å²) in [5, 5.41) is 4.94. The summed E-state index contributed by atoms with van der Waals surface area (Å²) < 4.78 is 22.2. The van der Waals surface area contributed by atoms with Crippen molar-refractivity contribution in [2.45, 2.75) is 10.8 Å². The lowest BCUT2D eigenvalue weighted by atomic mass is 10.3. The van der Waals surface area contributed by atoms with Gasteiger partial charge in [-0.1, -0.05) is 0 Å². The van der Waals surface area contributed by atoms with Crippen molar-refractivity contribution in [3.8, 4) is 0 Å². The molecule has 0 aliphatic carbocycles. The zero-order valence-electron chi connectivity index (χ0n) is 6.37. The summed E-state index contributed by atoms with van der Waals surface area (Å²) >= 11 is 8.49. The first-order valence-electron chi connectivity index (χ1n) is 3.18. The van der Waals surface area contributed by atoms with E-state index in [9.17, 15) is 8.42 Å². The number of sulfonamides is 1. The van der Waals surface area contributed by atoms with Gasteiger partial charge in [0.15, 0.2) is 0 Å². The van der Waals surface area contributed by atoms with Gasteiger partial charge in [0.25, 0.3) is 0 Å². The third kappa shape index (κ3) is 2.63. The first kappa shape index (κ1) is 10.9. The van der Waals surface area contributed by atoms with E-state index in [2.05, 4.69) is 20.9 Å². The Balaban J connectivity index is 3.36. The Bertz CT molecular complexity index is 421. The van der Waals surface area contributed by atoms with Gasteiger partial charge in [-0.15, -0.1) is 11.6 Å². The molecule has 0 amide bonds. The van der Waals surface area contributed by atoms with Crippen molar-refractivity contribution >= 4 is 37.6 Å². The van der Waals surface area contributed by atoms with E-state index >= 15 is 0 Å². The third-order valence-corrected chi connectivity index (χ3v) is 3.45. The summed E-state index contributed by atoms with van der Waals surface area (Å²) in [4.78, 5) is 3.74. The Kier molecular flexibility index (Phi) is 3.28. The number of nitrogens with two attached hydrogens (primary N) is 1. The molecule has 0 atom stereocenters. The summed E-state index contributed by atoms with van der Waals surface area (Å²) in [6.45, 7) is 0. The number of nitrogens with zero attached hydrogens (tertiary/aromatic N) is 1. The molecule has 0 radical (unpaired) electrons. The Morgan fingerprint density at radius 2 is 2.23 bits per heavy atom. The van der Waals surface area contributed by atoms with Crippen molar-refractivity contribution in [3.63, 3.8) is 0 Å². The van der Waals surface area contributed by atoms with Gasteiger partial charge < -0.3 is 0 Å². The molecule has 0 aliphatic rings. The molecule has 0 saturated heterocycles. The van der Waals surface area contributed by atoms with E-state index < -0.39 is 10.0 Å².